The molecule has 3 aromatic rings. The summed E-state index contributed by atoms with van der Waals surface area (Å²) in [6.45, 7) is 6.65. The molecule has 1 unspecified atom stereocenters. The van der Waals surface area contributed by atoms with E-state index in [-0.39, 0.29) is 11.1 Å². The predicted octanol–water partition coefficient (Wildman–Crippen LogP) is 4.99. The molecule has 2 heterocycles. The van der Waals surface area contributed by atoms with Gasteiger partial charge in [-0.05, 0) is 50.5 Å². The maximum atomic E-state index is 10.8. The number of amides is 1. The van der Waals surface area contributed by atoms with E-state index in [4.69, 9.17) is 4.74 Å². The lowest BCUT2D eigenvalue weighted by molar-refractivity contribution is -0.109. The topological polar surface area (TPSA) is 56.1 Å². The van der Waals surface area contributed by atoms with Crippen molar-refractivity contribution in [3.8, 4) is 11.4 Å². The first-order valence-corrected chi connectivity index (χ1v) is 10.7. The molecule has 1 N–H and O–H groups in total. The van der Waals surface area contributed by atoms with Gasteiger partial charge < -0.3 is 14.6 Å². The summed E-state index contributed by atoms with van der Waals surface area (Å²) >= 11 is 3.51. The van der Waals surface area contributed by atoms with Crippen molar-refractivity contribution in [1.82, 2.24) is 14.9 Å². The summed E-state index contributed by atoms with van der Waals surface area (Å²) in [4.78, 5) is 15.3. The zero-order valence-electron chi connectivity index (χ0n) is 17.9. The molecule has 4 rings (SSSR count). The van der Waals surface area contributed by atoms with Crippen LogP contribution in [0.4, 0.5) is 0 Å². The normalized spacial score (nSPS) is 16.8. The molecule has 0 bridgehead atoms. The van der Waals surface area contributed by atoms with Crippen molar-refractivity contribution in [3.63, 3.8) is 0 Å². The van der Waals surface area contributed by atoms with Gasteiger partial charge in [0.25, 0.3) is 0 Å². The highest BCUT2D eigenvalue weighted by Crippen LogP contribution is 2.48. The summed E-state index contributed by atoms with van der Waals surface area (Å²) in [6, 6.07) is 16.8. The van der Waals surface area contributed by atoms with Crippen LogP contribution in [0.15, 0.2) is 65.4 Å². The third kappa shape index (κ3) is 4.35. The lowest BCUT2D eigenvalue weighted by Gasteiger charge is -2.33. The average molecular weight is 470 g/mol. The highest BCUT2D eigenvalue weighted by molar-refractivity contribution is 9.10. The van der Waals surface area contributed by atoms with Crippen LogP contribution in [-0.4, -0.2) is 35.2 Å². The molecule has 30 heavy (non-hydrogen) atoms. The van der Waals surface area contributed by atoms with Gasteiger partial charge >= 0.3 is 0 Å². The van der Waals surface area contributed by atoms with Gasteiger partial charge in [0.1, 0.15) is 5.82 Å². The first-order chi connectivity index (χ1) is 14.3. The van der Waals surface area contributed by atoms with Gasteiger partial charge in [0.2, 0.25) is 6.41 Å². The smallest absolute Gasteiger partial charge is 0.207 e. The number of benzene rings is 2. The van der Waals surface area contributed by atoms with Crippen LogP contribution in [0.2, 0.25) is 0 Å². The second kappa shape index (κ2) is 9.14. The van der Waals surface area contributed by atoms with E-state index >= 15 is 0 Å². The van der Waals surface area contributed by atoms with Gasteiger partial charge in [-0.2, -0.15) is 0 Å². The zero-order valence-corrected chi connectivity index (χ0v) is 19.4. The van der Waals surface area contributed by atoms with E-state index in [2.05, 4.69) is 73.3 Å². The van der Waals surface area contributed by atoms with Gasteiger partial charge in [-0.15, -0.1) is 0 Å². The molecule has 0 saturated carbocycles. The van der Waals surface area contributed by atoms with Crippen LogP contribution in [-0.2, 0) is 15.1 Å². The summed E-state index contributed by atoms with van der Waals surface area (Å²) in [7, 11) is 1.71. The minimum Gasteiger partial charge on any atom is -0.379 e. The monoisotopic (exact) mass is 469 g/mol. The van der Waals surface area contributed by atoms with Gasteiger partial charge in [0.15, 0.2) is 0 Å². The van der Waals surface area contributed by atoms with Gasteiger partial charge in [-0.25, -0.2) is 4.98 Å². The molecule has 0 radical (unpaired) electrons. The van der Waals surface area contributed by atoms with Crippen LogP contribution in [0.25, 0.3) is 11.4 Å². The van der Waals surface area contributed by atoms with Crippen molar-refractivity contribution in [3.05, 3.63) is 76.5 Å². The number of halogens is 1. The number of nitrogens with zero attached hydrogens (tertiary/aromatic N) is 2. The molecular weight excluding hydrogens is 442 g/mol. The molecule has 1 aliphatic rings. The standard InChI is InChI=1S/C19H16BrN3O.C5H12O/c20-15-7-5-14(6-8-15)19(9-10-21-13-24)17-4-2-1-3-16(17)18-22-11-12-23(18)19;1-5(2,3)6-4/h1-8,11-13H,9-10H2,(H,21,24);1-4H3. The van der Waals surface area contributed by atoms with E-state index in [1.807, 2.05) is 39.2 Å². The van der Waals surface area contributed by atoms with E-state index in [0.29, 0.717) is 6.54 Å². The molecule has 0 spiro atoms. The summed E-state index contributed by atoms with van der Waals surface area (Å²) < 4.78 is 8.21. The summed E-state index contributed by atoms with van der Waals surface area (Å²) in [5.41, 5.74) is 3.24. The highest BCUT2D eigenvalue weighted by atomic mass is 79.9. The fraction of sp³-hybridized carbons (Fsp3) is 0.333. The minimum absolute atomic E-state index is 0.0417. The van der Waals surface area contributed by atoms with Crippen molar-refractivity contribution < 1.29 is 9.53 Å². The Hall–Kier alpha value is -2.44. The first kappa shape index (κ1) is 22.2. The predicted molar refractivity (Wildman–Crippen MR) is 123 cm³/mol. The van der Waals surface area contributed by atoms with Crippen molar-refractivity contribution in [2.75, 3.05) is 13.7 Å². The van der Waals surface area contributed by atoms with Crippen molar-refractivity contribution in [2.45, 2.75) is 38.3 Å². The highest BCUT2D eigenvalue weighted by Gasteiger charge is 2.44. The van der Waals surface area contributed by atoms with Crippen LogP contribution >= 0.6 is 15.9 Å². The third-order valence-corrected chi connectivity index (χ3v) is 5.84. The summed E-state index contributed by atoms with van der Waals surface area (Å²) in [5.74, 6) is 0.972. The van der Waals surface area contributed by atoms with E-state index < -0.39 is 0 Å². The van der Waals surface area contributed by atoms with Crippen LogP contribution in [0.1, 0.15) is 38.3 Å². The Kier molecular flexibility index (Phi) is 6.78. The van der Waals surface area contributed by atoms with Crippen LogP contribution in [0, 0.1) is 0 Å². The number of carbonyl (C=O) groups excluding carboxylic acids is 1. The van der Waals surface area contributed by atoms with Gasteiger partial charge in [-0.3, -0.25) is 4.79 Å². The Morgan fingerprint density at radius 2 is 1.83 bits per heavy atom. The number of rotatable bonds is 5. The minimum atomic E-state index is -0.362. The fourth-order valence-electron chi connectivity index (χ4n) is 3.71. The molecule has 0 aliphatic carbocycles. The van der Waals surface area contributed by atoms with Crippen LogP contribution in [0.5, 0.6) is 0 Å². The molecule has 1 atom stereocenters. The van der Waals surface area contributed by atoms with Gasteiger partial charge in [0, 0.05) is 36.1 Å². The van der Waals surface area contributed by atoms with Crippen molar-refractivity contribution >= 4 is 22.3 Å². The Bertz CT molecular complexity index is 992. The SMILES string of the molecule is COC(C)(C)C.O=CNCCC1(c2ccc(Br)cc2)c2ccccc2-c2nccn21. The number of hydrogen-bond donors (Lipinski definition) is 1. The first-order valence-electron chi connectivity index (χ1n) is 9.95. The lowest BCUT2D eigenvalue weighted by Crippen LogP contribution is -2.36. The molecule has 158 valence electrons. The molecule has 2 aromatic carbocycles. The number of hydrogen-bond acceptors (Lipinski definition) is 3. The molecule has 1 amide bonds. The number of methoxy groups -OCH3 is 1. The Balaban J connectivity index is 0.000000377. The molecule has 6 heteroatoms. The number of aromatic nitrogens is 2. The largest absolute Gasteiger partial charge is 0.379 e. The third-order valence-electron chi connectivity index (χ3n) is 5.31. The van der Waals surface area contributed by atoms with E-state index in [1.54, 1.807) is 7.11 Å². The molecule has 1 aromatic heterocycles. The van der Waals surface area contributed by atoms with Crippen LogP contribution in [0.3, 0.4) is 0 Å². The lowest BCUT2D eigenvalue weighted by atomic mass is 9.80. The Labute approximate surface area is 186 Å². The fourth-order valence-corrected chi connectivity index (χ4v) is 3.98. The summed E-state index contributed by atoms with van der Waals surface area (Å²) in [5, 5.41) is 2.81. The number of fused-ring (bicyclic) bond motifs is 3. The number of nitrogens with one attached hydrogen (secondary N) is 1. The molecule has 0 saturated heterocycles. The summed E-state index contributed by atoms with van der Waals surface area (Å²) in [6.07, 6.45) is 5.38. The zero-order chi connectivity index (χ0) is 21.8. The second-order valence-electron chi connectivity index (χ2n) is 8.17. The van der Waals surface area contributed by atoms with Crippen LogP contribution < -0.4 is 5.32 Å². The van der Waals surface area contributed by atoms with Gasteiger partial charge in [-0.1, -0.05) is 52.3 Å². The average Bonchev–Trinajstić information content (AvgIpc) is 3.31. The molecule has 5 nitrogen and oxygen atoms in total. The maximum absolute atomic E-state index is 10.8. The Morgan fingerprint density at radius 1 is 1.17 bits per heavy atom. The number of ether oxygens (including phenoxy) is 1. The number of imidazole rings is 1. The van der Waals surface area contributed by atoms with Gasteiger partial charge in [0.05, 0.1) is 11.1 Å². The second-order valence-corrected chi connectivity index (χ2v) is 9.09. The molecule has 1 aliphatic heterocycles. The molecular formula is C24H28BrN3O2. The quantitative estimate of drug-likeness (QED) is 0.423. The van der Waals surface area contributed by atoms with Crippen molar-refractivity contribution in [2.24, 2.45) is 0 Å². The molecule has 0 fully saturated rings. The maximum Gasteiger partial charge on any atom is 0.207 e. The number of carbonyl (C=O) groups is 1. The van der Waals surface area contributed by atoms with E-state index in [9.17, 15) is 4.79 Å². The van der Waals surface area contributed by atoms with E-state index in [1.165, 1.54) is 11.1 Å². The Morgan fingerprint density at radius 3 is 2.47 bits per heavy atom. The van der Waals surface area contributed by atoms with E-state index in [0.717, 1.165) is 28.7 Å². The van der Waals surface area contributed by atoms with Crippen molar-refractivity contribution in [1.29, 1.82) is 0 Å².